The van der Waals surface area contributed by atoms with E-state index in [0.717, 1.165) is 0 Å². The molecule has 13 heavy (non-hydrogen) atoms. The van der Waals surface area contributed by atoms with Crippen LogP contribution < -0.4 is 10.1 Å². The summed E-state index contributed by atoms with van der Waals surface area (Å²) >= 11 is 0. The van der Waals surface area contributed by atoms with Crippen LogP contribution in [0.15, 0.2) is 12.4 Å². The lowest BCUT2D eigenvalue weighted by atomic mass is 10.3. The van der Waals surface area contributed by atoms with E-state index in [4.69, 9.17) is 9.84 Å². The molecule has 0 aromatic carbocycles. The highest BCUT2D eigenvalue weighted by Gasteiger charge is 2.07. The first-order chi connectivity index (χ1) is 6.27. The Hall–Kier alpha value is -1.36. The third kappa shape index (κ3) is 2.55. The van der Waals surface area contributed by atoms with Crippen molar-refractivity contribution in [2.24, 2.45) is 0 Å². The average molecular weight is 183 g/mol. The van der Waals surface area contributed by atoms with Crippen molar-refractivity contribution in [3.05, 3.63) is 12.4 Å². The molecule has 0 fully saturated rings. The van der Waals surface area contributed by atoms with E-state index in [1.54, 1.807) is 12.4 Å². The minimum Gasteiger partial charge on any atom is -0.478 e. The Kier molecular flexibility index (Phi) is 3.45. The maximum atomic E-state index is 8.81. The molecular weight excluding hydrogens is 170 g/mol. The Morgan fingerprint density at radius 1 is 1.54 bits per heavy atom. The van der Waals surface area contributed by atoms with Crippen LogP contribution in [-0.2, 0) is 0 Å². The number of aromatic nitrogens is 2. The Bertz CT molecular complexity index is 267. The quantitative estimate of drug-likeness (QED) is 0.701. The maximum Gasteiger partial charge on any atom is 0.257 e. The van der Waals surface area contributed by atoms with E-state index in [1.807, 2.05) is 6.92 Å². The second-order valence-corrected chi connectivity index (χ2v) is 2.64. The van der Waals surface area contributed by atoms with E-state index in [-0.39, 0.29) is 12.6 Å². The van der Waals surface area contributed by atoms with Gasteiger partial charge in [0.2, 0.25) is 0 Å². The van der Waals surface area contributed by atoms with Gasteiger partial charge in [0.15, 0.2) is 5.82 Å². The molecule has 1 aromatic heterocycles. The summed E-state index contributed by atoms with van der Waals surface area (Å²) in [4.78, 5) is 7.98. The van der Waals surface area contributed by atoms with Crippen LogP contribution in [0.2, 0.25) is 0 Å². The SMILES string of the molecule is COc1nccnc1NC(C)CO. The van der Waals surface area contributed by atoms with E-state index in [0.29, 0.717) is 11.7 Å². The summed E-state index contributed by atoms with van der Waals surface area (Å²) in [7, 11) is 1.53. The molecule has 0 aliphatic heterocycles. The van der Waals surface area contributed by atoms with Gasteiger partial charge in [0, 0.05) is 18.4 Å². The van der Waals surface area contributed by atoms with Gasteiger partial charge in [0.05, 0.1) is 13.7 Å². The Morgan fingerprint density at radius 2 is 2.23 bits per heavy atom. The predicted octanol–water partition coefficient (Wildman–Crippen LogP) is 0.278. The normalized spacial score (nSPS) is 12.2. The van der Waals surface area contributed by atoms with Crippen LogP contribution in [0.5, 0.6) is 5.88 Å². The summed E-state index contributed by atoms with van der Waals surface area (Å²) < 4.78 is 4.97. The molecule has 0 amide bonds. The van der Waals surface area contributed by atoms with Crippen molar-refractivity contribution in [2.45, 2.75) is 13.0 Å². The molecule has 5 heteroatoms. The van der Waals surface area contributed by atoms with Crippen LogP contribution in [-0.4, -0.2) is 34.8 Å². The first-order valence-electron chi connectivity index (χ1n) is 4.00. The van der Waals surface area contributed by atoms with Crippen molar-refractivity contribution in [1.29, 1.82) is 0 Å². The average Bonchev–Trinajstić information content (AvgIpc) is 2.18. The molecule has 1 unspecified atom stereocenters. The van der Waals surface area contributed by atoms with E-state index < -0.39 is 0 Å². The number of nitrogens with one attached hydrogen (secondary N) is 1. The van der Waals surface area contributed by atoms with Crippen molar-refractivity contribution in [1.82, 2.24) is 9.97 Å². The van der Waals surface area contributed by atoms with E-state index in [1.165, 1.54) is 7.11 Å². The highest BCUT2D eigenvalue weighted by atomic mass is 16.5. The number of aliphatic hydroxyl groups excluding tert-OH is 1. The lowest BCUT2D eigenvalue weighted by Crippen LogP contribution is -2.20. The molecule has 1 heterocycles. The number of hydrogen-bond donors (Lipinski definition) is 2. The molecule has 1 aromatic rings. The minimum atomic E-state index is -0.0643. The zero-order valence-electron chi connectivity index (χ0n) is 7.69. The third-order valence-corrected chi connectivity index (χ3v) is 1.51. The molecule has 0 aliphatic carbocycles. The van der Waals surface area contributed by atoms with Crippen molar-refractivity contribution >= 4 is 5.82 Å². The highest BCUT2D eigenvalue weighted by molar-refractivity contribution is 5.45. The minimum absolute atomic E-state index is 0.0414. The molecule has 0 bridgehead atoms. The monoisotopic (exact) mass is 183 g/mol. The van der Waals surface area contributed by atoms with Gasteiger partial charge in [-0.2, -0.15) is 0 Å². The predicted molar refractivity (Wildman–Crippen MR) is 48.8 cm³/mol. The smallest absolute Gasteiger partial charge is 0.257 e. The summed E-state index contributed by atoms with van der Waals surface area (Å²) in [5.41, 5.74) is 0. The lowest BCUT2D eigenvalue weighted by molar-refractivity contribution is 0.280. The van der Waals surface area contributed by atoms with Crippen LogP contribution in [0.4, 0.5) is 5.82 Å². The van der Waals surface area contributed by atoms with Crippen molar-refractivity contribution < 1.29 is 9.84 Å². The van der Waals surface area contributed by atoms with Gasteiger partial charge in [0.25, 0.3) is 5.88 Å². The molecule has 2 N–H and O–H groups in total. The van der Waals surface area contributed by atoms with Gasteiger partial charge in [0.1, 0.15) is 0 Å². The summed E-state index contributed by atoms with van der Waals surface area (Å²) in [6, 6.07) is -0.0643. The molecule has 0 radical (unpaired) electrons. The van der Waals surface area contributed by atoms with Gasteiger partial charge < -0.3 is 15.2 Å². The Labute approximate surface area is 76.8 Å². The van der Waals surface area contributed by atoms with Crippen LogP contribution in [0.1, 0.15) is 6.92 Å². The second-order valence-electron chi connectivity index (χ2n) is 2.64. The zero-order valence-corrected chi connectivity index (χ0v) is 7.69. The number of rotatable bonds is 4. The topological polar surface area (TPSA) is 67.3 Å². The van der Waals surface area contributed by atoms with Gasteiger partial charge in [-0.25, -0.2) is 9.97 Å². The maximum absolute atomic E-state index is 8.81. The Balaban J connectivity index is 2.74. The van der Waals surface area contributed by atoms with Gasteiger partial charge in [-0.05, 0) is 6.92 Å². The number of anilines is 1. The molecule has 1 rings (SSSR count). The van der Waals surface area contributed by atoms with E-state index >= 15 is 0 Å². The Morgan fingerprint density at radius 3 is 2.85 bits per heavy atom. The largest absolute Gasteiger partial charge is 0.478 e. The first kappa shape index (κ1) is 9.73. The van der Waals surface area contributed by atoms with Crippen LogP contribution >= 0.6 is 0 Å². The zero-order chi connectivity index (χ0) is 9.68. The van der Waals surface area contributed by atoms with Gasteiger partial charge >= 0.3 is 0 Å². The fourth-order valence-electron chi connectivity index (χ4n) is 0.853. The summed E-state index contributed by atoms with van der Waals surface area (Å²) in [6.07, 6.45) is 3.11. The van der Waals surface area contributed by atoms with Crippen molar-refractivity contribution in [3.63, 3.8) is 0 Å². The summed E-state index contributed by atoms with van der Waals surface area (Å²) in [6.45, 7) is 1.88. The van der Waals surface area contributed by atoms with Crippen molar-refractivity contribution in [3.8, 4) is 5.88 Å². The number of methoxy groups -OCH3 is 1. The van der Waals surface area contributed by atoms with Crippen molar-refractivity contribution in [2.75, 3.05) is 19.0 Å². The molecule has 1 atom stereocenters. The fourth-order valence-corrected chi connectivity index (χ4v) is 0.853. The first-order valence-corrected chi connectivity index (χ1v) is 4.00. The molecule has 0 spiro atoms. The molecule has 0 aliphatic rings. The van der Waals surface area contributed by atoms with Crippen LogP contribution in [0.25, 0.3) is 0 Å². The third-order valence-electron chi connectivity index (χ3n) is 1.51. The fraction of sp³-hybridized carbons (Fsp3) is 0.500. The molecule has 0 saturated carbocycles. The lowest BCUT2D eigenvalue weighted by Gasteiger charge is -2.12. The van der Waals surface area contributed by atoms with Gasteiger partial charge in [-0.15, -0.1) is 0 Å². The van der Waals surface area contributed by atoms with E-state index in [9.17, 15) is 0 Å². The number of ether oxygens (including phenoxy) is 1. The highest BCUT2D eigenvalue weighted by Crippen LogP contribution is 2.16. The number of hydrogen-bond acceptors (Lipinski definition) is 5. The number of aliphatic hydroxyl groups is 1. The standard InChI is InChI=1S/C8H13N3O2/c1-6(5-12)11-7-8(13-2)10-4-3-9-7/h3-4,6,12H,5H2,1-2H3,(H,9,11). The van der Waals surface area contributed by atoms with Gasteiger partial charge in [-0.1, -0.05) is 0 Å². The van der Waals surface area contributed by atoms with Crippen LogP contribution in [0, 0.1) is 0 Å². The second kappa shape index (κ2) is 4.61. The van der Waals surface area contributed by atoms with Gasteiger partial charge in [-0.3, -0.25) is 0 Å². The molecular formula is C8H13N3O2. The molecule has 72 valence electrons. The summed E-state index contributed by atoms with van der Waals surface area (Å²) in [5, 5.41) is 11.8. The summed E-state index contributed by atoms with van der Waals surface area (Å²) in [5.74, 6) is 0.981. The number of nitrogens with zero attached hydrogens (tertiary/aromatic N) is 2. The van der Waals surface area contributed by atoms with Crippen LogP contribution in [0.3, 0.4) is 0 Å². The molecule has 0 saturated heterocycles. The molecule has 5 nitrogen and oxygen atoms in total. The van der Waals surface area contributed by atoms with E-state index in [2.05, 4.69) is 15.3 Å².